The van der Waals surface area contributed by atoms with Crippen LogP contribution in [0.5, 0.6) is 0 Å². The second kappa shape index (κ2) is 7.39. The number of aryl methyl sites for hydroxylation is 1. The van der Waals surface area contributed by atoms with Crippen molar-refractivity contribution in [2.75, 3.05) is 10.6 Å². The van der Waals surface area contributed by atoms with E-state index in [2.05, 4.69) is 10.6 Å². The second-order valence-corrected chi connectivity index (χ2v) is 6.29. The summed E-state index contributed by atoms with van der Waals surface area (Å²) in [6.07, 6.45) is 0. The Bertz CT molecular complexity index is 1120. The fraction of sp³-hybridized carbons (Fsp3) is 0.158. The lowest BCUT2D eigenvalue weighted by atomic mass is 10.2. The van der Waals surface area contributed by atoms with E-state index < -0.39 is 16.5 Å². The second-order valence-electron chi connectivity index (χ2n) is 6.29. The van der Waals surface area contributed by atoms with Crippen LogP contribution in [0.2, 0.25) is 0 Å². The number of nitrogens with one attached hydrogen (secondary N) is 2. The highest BCUT2D eigenvalue weighted by Crippen LogP contribution is 2.25. The molecule has 0 bridgehead atoms. The van der Waals surface area contributed by atoms with Gasteiger partial charge in [0.25, 0.3) is 11.2 Å². The van der Waals surface area contributed by atoms with Crippen LogP contribution in [0.15, 0.2) is 53.3 Å². The number of benzene rings is 2. The zero-order valence-corrected chi connectivity index (χ0v) is 15.6. The molecule has 28 heavy (non-hydrogen) atoms. The molecule has 2 amide bonds. The number of aromatic nitrogens is 2. The molecule has 0 atom stereocenters. The number of anilines is 2. The monoisotopic (exact) mass is 381 g/mol. The number of para-hydroxylation sites is 1. The molecule has 2 aromatic carbocycles. The third kappa shape index (κ3) is 3.50. The van der Waals surface area contributed by atoms with Crippen LogP contribution in [0, 0.1) is 24.0 Å². The van der Waals surface area contributed by atoms with Crippen molar-refractivity contribution in [3.8, 4) is 5.69 Å². The average molecular weight is 381 g/mol. The maximum Gasteiger partial charge on any atom is 0.324 e. The van der Waals surface area contributed by atoms with E-state index in [1.165, 1.54) is 16.8 Å². The molecule has 3 rings (SSSR count). The molecule has 0 fully saturated rings. The number of carbonyl (C=O) groups excluding carboxylic acids is 1. The van der Waals surface area contributed by atoms with Crippen LogP contribution in [0.1, 0.15) is 11.3 Å². The minimum Gasteiger partial charge on any atom is -0.302 e. The van der Waals surface area contributed by atoms with E-state index in [0.29, 0.717) is 16.9 Å². The van der Waals surface area contributed by atoms with Crippen LogP contribution in [0.25, 0.3) is 5.69 Å². The summed E-state index contributed by atoms with van der Waals surface area (Å²) in [5.74, 6) is 0. The molecule has 0 saturated heterocycles. The predicted octanol–water partition coefficient (Wildman–Crippen LogP) is 3.35. The van der Waals surface area contributed by atoms with Crippen molar-refractivity contribution in [3.63, 3.8) is 0 Å². The Morgan fingerprint density at radius 2 is 1.75 bits per heavy atom. The number of hydrogen-bond donors (Lipinski definition) is 2. The lowest BCUT2D eigenvalue weighted by molar-refractivity contribution is -0.384. The molecule has 0 spiro atoms. The van der Waals surface area contributed by atoms with Gasteiger partial charge in [0, 0.05) is 13.1 Å². The first-order valence-electron chi connectivity index (χ1n) is 8.46. The Labute approximate surface area is 160 Å². The number of hydrogen-bond acceptors (Lipinski definition) is 4. The number of carbonyl (C=O) groups is 1. The molecule has 1 heterocycles. The summed E-state index contributed by atoms with van der Waals surface area (Å²) in [6.45, 7) is 3.42. The first kappa shape index (κ1) is 18.9. The topological polar surface area (TPSA) is 111 Å². The Balaban J connectivity index is 1.90. The van der Waals surface area contributed by atoms with Crippen LogP contribution in [-0.2, 0) is 7.05 Å². The summed E-state index contributed by atoms with van der Waals surface area (Å²) in [5, 5.41) is 16.2. The van der Waals surface area contributed by atoms with E-state index in [0.717, 1.165) is 0 Å². The molecule has 0 radical (unpaired) electrons. The molecule has 0 aliphatic carbocycles. The van der Waals surface area contributed by atoms with Gasteiger partial charge in [0.15, 0.2) is 0 Å². The van der Waals surface area contributed by atoms with E-state index >= 15 is 0 Å². The quantitative estimate of drug-likeness (QED) is 0.533. The highest BCUT2D eigenvalue weighted by Gasteiger charge is 2.20. The van der Waals surface area contributed by atoms with Crippen molar-refractivity contribution in [1.29, 1.82) is 0 Å². The molecular formula is C19H19N5O4. The summed E-state index contributed by atoms with van der Waals surface area (Å²) < 4.78 is 3.06. The lowest BCUT2D eigenvalue weighted by Gasteiger charge is -2.08. The van der Waals surface area contributed by atoms with Crippen molar-refractivity contribution >= 4 is 23.1 Å². The van der Waals surface area contributed by atoms with Crippen LogP contribution >= 0.6 is 0 Å². The van der Waals surface area contributed by atoms with Gasteiger partial charge in [0.1, 0.15) is 11.4 Å². The summed E-state index contributed by atoms with van der Waals surface area (Å²) >= 11 is 0. The van der Waals surface area contributed by atoms with Crippen molar-refractivity contribution in [3.05, 3.63) is 80.3 Å². The molecule has 1 aromatic heterocycles. The van der Waals surface area contributed by atoms with Crippen molar-refractivity contribution in [2.24, 2.45) is 7.05 Å². The van der Waals surface area contributed by atoms with Gasteiger partial charge in [0.2, 0.25) is 0 Å². The van der Waals surface area contributed by atoms with Gasteiger partial charge in [-0.2, -0.15) is 0 Å². The van der Waals surface area contributed by atoms with E-state index in [9.17, 15) is 19.7 Å². The van der Waals surface area contributed by atoms with Crippen LogP contribution < -0.4 is 16.2 Å². The van der Waals surface area contributed by atoms with E-state index in [4.69, 9.17) is 0 Å². The van der Waals surface area contributed by atoms with Crippen molar-refractivity contribution in [2.45, 2.75) is 13.8 Å². The fourth-order valence-corrected chi connectivity index (χ4v) is 2.88. The first-order chi connectivity index (χ1) is 13.3. The van der Waals surface area contributed by atoms with E-state index in [-0.39, 0.29) is 17.1 Å². The zero-order chi connectivity index (χ0) is 20.4. The SMILES string of the molecule is Cc1ccc(NC(=O)Nc2c(C)n(C)n(-c3ccccc3)c2=O)c([N+](=O)[O-])c1. The smallest absolute Gasteiger partial charge is 0.302 e. The third-order valence-electron chi connectivity index (χ3n) is 4.39. The summed E-state index contributed by atoms with van der Waals surface area (Å²) in [5.41, 5.74) is 1.41. The third-order valence-corrected chi connectivity index (χ3v) is 4.39. The molecule has 0 aliphatic heterocycles. The molecule has 2 N–H and O–H groups in total. The van der Waals surface area contributed by atoms with Gasteiger partial charge in [0.05, 0.1) is 16.3 Å². The molecule has 0 saturated carbocycles. The summed E-state index contributed by atoms with van der Waals surface area (Å²) in [7, 11) is 1.71. The van der Waals surface area contributed by atoms with Gasteiger partial charge < -0.3 is 10.6 Å². The average Bonchev–Trinajstić information content (AvgIpc) is 2.87. The summed E-state index contributed by atoms with van der Waals surface area (Å²) in [4.78, 5) is 35.8. The maximum atomic E-state index is 12.8. The molecule has 144 valence electrons. The van der Waals surface area contributed by atoms with Crippen molar-refractivity contribution < 1.29 is 9.72 Å². The molecule has 0 unspecified atom stereocenters. The molecule has 3 aromatic rings. The standard InChI is InChI=1S/C19H19N5O4/c1-12-9-10-15(16(11-12)24(27)28)20-19(26)21-17-13(2)22(3)23(18(17)25)14-7-5-4-6-8-14/h4-11H,1-3H3,(H2,20,21,26). The minimum atomic E-state index is -0.738. The Morgan fingerprint density at radius 1 is 1.07 bits per heavy atom. The van der Waals surface area contributed by atoms with Gasteiger partial charge in [-0.25, -0.2) is 9.48 Å². The number of rotatable bonds is 4. The molecule has 0 aliphatic rings. The van der Waals surface area contributed by atoms with Crippen LogP contribution in [0.4, 0.5) is 21.9 Å². The normalized spacial score (nSPS) is 10.5. The van der Waals surface area contributed by atoms with E-state index in [1.807, 2.05) is 6.07 Å². The number of nitro groups is 1. The first-order valence-corrected chi connectivity index (χ1v) is 8.46. The maximum absolute atomic E-state index is 12.8. The van der Waals surface area contributed by atoms with Gasteiger partial charge in [-0.05, 0) is 37.6 Å². The number of amides is 2. The predicted molar refractivity (Wildman–Crippen MR) is 106 cm³/mol. The Hall–Kier alpha value is -3.88. The molecule has 9 nitrogen and oxygen atoms in total. The number of nitrogens with zero attached hydrogens (tertiary/aromatic N) is 3. The lowest BCUT2D eigenvalue weighted by Crippen LogP contribution is -2.25. The number of urea groups is 1. The zero-order valence-electron chi connectivity index (χ0n) is 15.6. The number of nitro benzene ring substituents is 1. The molecular weight excluding hydrogens is 362 g/mol. The Morgan fingerprint density at radius 3 is 2.39 bits per heavy atom. The van der Waals surface area contributed by atoms with Gasteiger partial charge in [-0.1, -0.05) is 24.3 Å². The van der Waals surface area contributed by atoms with Crippen molar-refractivity contribution in [1.82, 2.24) is 9.36 Å². The van der Waals surface area contributed by atoms with Gasteiger partial charge in [-0.3, -0.25) is 19.6 Å². The van der Waals surface area contributed by atoms with E-state index in [1.54, 1.807) is 55.9 Å². The highest BCUT2D eigenvalue weighted by atomic mass is 16.6. The largest absolute Gasteiger partial charge is 0.324 e. The highest BCUT2D eigenvalue weighted by molar-refractivity contribution is 6.01. The molecule has 9 heteroatoms. The summed E-state index contributed by atoms with van der Waals surface area (Å²) in [6, 6.07) is 12.7. The van der Waals surface area contributed by atoms with Crippen LogP contribution in [-0.4, -0.2) is 20.3 Å². The van der Waals surface area contributed by atoms with Crippen LogP contribution in [0.3, 0.4) is 0 Å². The van der Waals surface area contributed by atoms with Gasteiger partial charge in [-0.15, -0.1) is 0 Å². The minimum absolute atomic E-state index is 0.0464. The van der Waals surface area contributed by atoms with Gasteiger partial charge >= 0.3 is 6.03 Å². The fourth-order valence-electron chi connectivity index (χ4n) is 2.88. The Kier molecular flexibility index (Phi) is 4.99.